The molecular formula is C23H23BrClN3O4. The Morgan fingerprint density at radius 3 is 2.78 bits per heavy atom. The van der Waals surface area contributed by atoms with E-state index in [0.29, 0.717) is 33.1 Å². The summed E-state index contributed by atoms with van der Waals surface area (Å²) in [5.41, 5.74) is 0.846. The summed E-state index contributed by atoms with van der Waals surface area (Å²) >= 11 is 9.55. The van der Waals surface area contributed by atoms with Crippen LogP contribution in [-0.2, 0) is 9.53 Å². The minimum Gasteiger partial charge on any atom is -0.481 e. The van der Waals surface area contributed by atoms with Crippen molar-refractivity contribution < 1.29 is 14.3 Å². The average molecular weight is 521 g/mol. The Hall–Kier alpha value is -2.71. The highest BCUT2D eigenvalue weighted by Gasteiger charge is 2.16. The highest BCUT2D eigenvalue weighted by atomic mass is 79.9. The number of benzene rings is 2. The van der Waals surface area contributed by atoms with Crippen molar-refractivity contribution in [2.45, 2.75) is 33.1 Å². The van der Waals surface area contributed by atoms with Gasteiger partial charge < -0.3 is 9.47 Å². The molecule has 32 heavy (non-hydrogen) atoms. The molecule has 1 aromatic heterocycles. The number of aromatic nitrogens is 2. The van der Waals surface area contributed by atoms with Crippen LogP contribution in [-0.4, -0.2) is 35.1 Å². The molecule has 1 heterocycles. The number of halogens is 2. The average Bonchev–Trinajstić information content (AvgIpc) is 2.77. The van der Waals surface area contributed by atoms with E-state index in [0.717, 1.165) is 10.9 Å². The normalized spacial score (nSPS) is 12.3. The first-order valence-electron chi connectivity index (χ1n) is 10.2. The fourth-order valence-electron chi connectivity index (χ4n) is 2.99. The lowest BCUT2D eigenvalue weighted by Crippen LogP contribution is -2.23. The smallest absolute Gasteiger partial charge is 0.344 e. The Labute approximate surface area is 199 Å². The van der Waals surface area contributed by atoms with E-state index in [1.807, 2.05) is 19.9 Å². The van der Waals surface area contributed by atoms with Crippen LogP contribution in [0.15, 0.2) is 50.8 Å². The number of ether oxygens (including phenoxy) is 2. The summed E-state index contributed by atoms with van der Waals surface area (Å²) in [5, 5.41) is 5.35. The first-order chi connectivity index (χ1) is 15.3. The lowest BCUT2D eigenvalue weighted by atomic mass is 10.1. The maximum atomic E-state index is 13.3. The van der Waals surface area contributed by atoms with Gasteiger partial charge in [-0.15, -0.1) is 0 Å². The van der Waals surface area contributed by atoms with Crippen molar-refractivity contribution in [3.05, 3.63) is 67.6 Å². The molecule has 1 atom stereocenters. The third kappa shape index (κ3) is 5.55. The molecule has 0 aliphatic rings. The SMILES string of the molecule is CCOC(=O)COc1ccc(Cl)cc1C=Nn1c([C@@H](C)CC)nc2ccc(Br)cc2c1=O. The quantitative estimate of drug-likeness (QED) is 0.303. The first kappa shape index (κ1) is 23.9. The molecule has 0 amide bonds. The van der Waals surface area contributed by atoms with Gasteiger partial charge in [-0.05, 0) is 49.7 Å². The summed E-state index contributed by atoms with van der Waals surface area (Å²) in [6.07, 6.45) is 2.26. The molecule has 0 unspecified atom stereocenters. The molecule has 3 aromatic rings. The monoisotopic (exact) mass is 519 g/mol. The van der Waals surface area contributed by atoms with Gasteiger partial charge in [0, 0.05) is 21.0 Å². The highest BCUT2D eigenvalue weighted by Crippen LogP contribution is 2.23. The zero-order chi connectivity index (χ0) is 23.3. The summed E-state index contributed by atoms with van der Waals surface area (Å²) in [7, 11) is 0. The van der Waals surface area contributed by atoms with Crippen molar-refractivity contribution in [2.24, 2.45) is 5.10 Å². The zero-order valence-electron chi connectivity index (χ0n) is 18.0. The number of hydrogen-bond acceptors (Lipinski definition) is 6. The molecule has 168 valence electrons. The molecule has 0 N–H and O–H groups in total. The molecule has 0 spiro atoms. The van der Waals surface area contributed by atoms with Crippen molar-refractivity contribution in [1.29, 1.82) is 0 Å². The predicted molar refractivity (Wildman–Crippen MR) is 129 cm³/mol. The van der Waals surface area contributed by atoms with Crippen molar-refractivity contribution >= 4 is 50.6 Å². The highest BCUT2D eigenvalue weighted by molar-refractivity contribution is 9.10. The van der Waals surface area contributed by atoms with Crippen LogP contribution >= 0.6 is 27.5 Å². The van der Waals surface area contributed by atoms with Gasteiger partial charge in [-0.1, -0.05) is 41.4 Å². The van der Waals surface area contributed by atoms with Gasteiger partial charge in [0.25, 0.3) is 5.56 Å². The molecule has 0 aliphatic carbocycles. The Kier molecular flexibility index (Phi) is 8.04. The van der Waals surface area contributed by atoms with E-state index >= 15 is 0 Å². The van der Waals surface area contributed by atoms with Crippen molar-refractivity contribution in [3.8, 4) is 5.75 Å². The molecule has 0 bridgehead atoms. The molecular weight excluding hydrogens is 498 g/mol. The molecule has 3 rings (SSSR count). The summed E-state index contributed by atoms with van der Waals surface area (Å²) in [6, 6.07) is 10.3. The summed E-state index contributed by atoms with van der Waals surface area (Å²) in [5.74, 6) is 0.470. The maximum Gasteiger partial charge on any atom is 0.344 e. The lowest BCUT2D eigenvalue weighted by Gasteiger charge is -2.14. The molecule has 0 saturated heterocycles. The predicted octanol–water partition coefficient (Wildman–Crippen LogP) is 5.15. The van der Waals surface area contributed by atoms with Crippen LogP contribution in [0.1, 0.15) is 44.5 Å². The number of nitrogens with zero attached hydrogens (tertiary/aromatic N) is 3. The number of esters is 1. The van der Waals surface area contributed by atoms with Crippen LogP contribution in [0.2, 0.25) is 5.02 Å². The van der Waals surface area contributed by atoms with Crippen LogP contribution in [0, 0.1) is 0 Å². The van der Waals surface area contributed by atoms with Crippen LogP contribution < -0.4 is 10.3 Å². The second-order valence-corrected chi connectivity index (χ2v) is 8.43. The van der Waals surface area contributed by atoms with Crippen LogP contribution in [0.4, 0.5) is 0 Å². The molecule has 0 radical (unpaired) electrons. The van der Waals surface area contributed by atoms with Gasteiger partial charge in [-0.3, -0.25) is 4.79 Å². The number of fused-ring (bicyclic) bond motifs is 1. The van der Waals surface area contributed by atoms with Crippen molar-refractivity contribution in [3.63, 3.8) is 0 Å². The Bertz CT molecular complexity index is 1230. The maximum absolute atomic E-state index is 13.3. The Balaban J connectivity index is 2.06. The fraction of sp³-hybridized carbons (Fsp3) is 0.304. The van der Waals surface area contributed by atoms with E-state index in [2.05, 4.69) is 21.0 Å². The topological polar surface area (TPSA) is 82.8 Å². The molecule has 2 aromatic carbocycles. The Morgan fingerprint density at radius 2 is 2.06 bits per heavy atom. The zero-order valence-corrected chi connectivity index (χ0v) is 20.3. The van der Waals surface area contributed by atoms with E-state index < -0.39 is 5.97 Å². The van der Waals surface area contributed by atoms with E-state index in [1.165, 1.54) is 10.9 Å². The minimum atomic E-state index is -0.482. The van der Waals surface area contributed by atoms with E-state index in [9.17, 15) is 9.59 Å². The van der Waals surface area contributed by atoms with Gasteiger partial charge in [-0.2, -0.15) is 9.78 Å². The van der Waals surface area contributed by atoms with Gasteiger partial charge in [-0.25, -0.2) is 9.78 Å². The molecule has 7 nitrogen and oxygen atoms in total. The van der Waals surface area contributed by atoms with Crippen molar-refractivity contribution in [2.75, 3.05) is 13.2 Å². The van der Waals surface area contributed by atoms with Crippen molar-refractivity contribution in [1.82, 2.24) is 9.66 Å². The second-order valence-electron chi connectivity index (χ2n) is 7.08. The fourth-order valence-corrected chi connectivity index (χ4v) is 3.53. The van der Waals surface area contributed by atoms with Gasteiger partial charge in [0.15, 0.2) is 6.61 Å². The van der Waals surface area contributed by atoms with Crippen LogP contribution in [0.3, 0.4) is 0 Å². The number of rotatable bonds is 8. The largest absolute Gasteiger partial charge is 0.481 e. The second kappa shape index (κ2) is 10.7. The molecule has 9 heteroatoms. The van der Waals surface area contributed by atoms with Crippen LogP contribution in [0.25, 0.3) is 10.9 Å². The van der Waals surface area contributed by atoms with Crippen LogP contribution in [0.5, 0.6) is 5.75 Å². The standard InChI is InChI=1S/C23H23BrClN3O4/c1-4-14(3)22-27-19-8-6-16(24)11-18(19)23(30)28(22)26-12-15-10-17(25)7-9-20(15)32-13-21(29)31-5-2/h6-12,14H,4-5,13H2,1-3H3/t14-/m0/s1. The summed E-state index contributed by atoms with van der Waals surface area (Å²) < 4.78 is 12.6. The van der Waals surface area contributed by atoms with Gasteiger partial charge in [0.2, 0.25) is 0 Å². The molecule has 0 saturated carbocycles. The Morgan fingerprint density at radius 1 is 1.28 bits per heavy atom. The van der Waals surface area contributed by atoms with Gasteiger partial charge in [0.1, 0.15) is 11.6 Å². The third-order valence-electron chi connectivity index (χ3n) is 4.82. The van der Waals surface area contributed by atoms with E-state index in [-0.39, 0.29) is 24.7 Å². The lowest BCUT2D eigenvalue weighted by molar-refractivity contribution is -0.145. The molecule has 0 fully saturated rings. The molecule has 0 aliphatic heterocycles. The number of hydrogen-bond donors (Lipinski definition) is 0. The number of carbonyl (C=O) groups is 1. The number of carbonyl (C=O) groups excluding carboxylic acids is 1. The summed E-state index contributed by atoms with van der Waals surface area (Å²) in [6.45, 7) is 5.76. The first-order valence-corrected chi connectivity index (χ1v) is 11.4. The minimum absolute atomic E-state index is 0.00629. The van der Waals surface area contributed by atoms with E-state index in [4.69, 9.17) is 26.1 Å². The summed E-state index contributed by atoms with van der Waals surface area (Å²) in [4.78, 5) is 29.6. The van der Waals surface area contributed by atoms with E-state index in [1.54, 1.807) is 37.3 Å². The third-order valence-corrected chi connectivity index (χ3v) is 5.55. The van der Waals surface area contributed by atoms with Gasteiger partial charge >= 0.3 is 5.97 Å². The van der Waals surface area contributed by atoms with Gasteiger partial charge in [0.05, 0.1) is 23.7 Å².